The minimum Gasteiger partial charge on any atom is -0.478 e. The molecule has 5 rings (SSSR count). The zero-order valence-electron chi connectivity index (χ0n) is 19.3. The van der Waals surface area contributed by atoms with Gasteiger partial charge in [-0.1, -0.05) is 44.2 Å². The molecule has 176 valence electrons. The monoisotopic (exact) mass is 461 g/mol. The third kappa shape index (κ3) is 3.99. The number of likely N-dealkylation sites (N-methyl/N-ethyl adjacent to an activating group) is 1. The Bertz CT molecular complexity index is 1220. The molecule has 0 aliphatic carbocycles. The highest BCUT2D eigenvalue weighted by Gasteiger charge is 2.54. The SMILES string of the molecule is CC(C)CN1C(=O)N(C)C2OC2c2c1nn(Cc1ccc(C(=O)O)cc1)c2Nc1ccccc1. The smallest absolute Gasteiger partial charge is 0.335 e. The molecule has 2 N–H and O–H groups in total. The van der Waals surface area contributed by atoms with Crippen molar-refractivity contribution in [2.24, 2.45) is 5.92 Å². The van der Waals surface area contributed by atoms with Crippen LogP contribution in [0.4, 0.5) is 22.1 Å². The molecule has 2 atom stereocenters. The normalized spacial score (nSPS) is 19.0. The maximum absolute atomic E-state index is 13.3. The van der Waals surface area contributed by atoms with Crippen molar-refractivity contribution in [1.82, 2.24) is 14.7 Å². The van der Waals surface area contributed by atoms with E-state index in [1.165, 1.54) is 0 Å². The van der Waals surface area contributed by atoms with E-state index in [2.05, 4.69) is 19.2 Å². The van der Waals surface area contributed by atoms with Gasteiger partial charge in [-0.25, -0.2) is 14.3 Å². The number of urea groups is 1. The Morgan fingerprint density at radius 3 is 2.50 bits per heavy atom. The van der Waals surface area contributed by atoms with E-state index in [-0.39, 0.29) is 29.8 Å². The predicted octanol–water partition coefficient (Wildman–Crippen LogP) is 4.30. The van der Waals surface area contributed by atoms with Gasteiger partial charge in [-0.15, -0.1) is 0 Å². The van der Waals surface area contributed by atoms with Gasteiger partial charge in [0, 0.05) is 19.3 Å². The van der Waals surface area contributed by atoms with Gasteiger partial charge in [0.15, 0.2) is 12.0 Å². The number of carbonyl (C=O) groups is 2. The fourth-order valence-electron chi connectivity index (χ4n) is 4.28. The number of fused-ring (bicyclic) bond motifs is 3. The first kappa shape index (κ1) is 22.0. The number of benzene rings is 2. The van der Waals surface area contributed by atoms with Gasteiger partial charge < -0.3 is 15.2 Å². The largest absolute Gasteiger partial charge is 0.478 e. The second-order valence-corrected chi connectivity index (χ2v) is 9.08. The summed E-state index contributed by atoms with van der Waals surface area (Å²) >= 11 is 0. The topological polar surface area (TPSA) is 103 Å². The molecular weight excluding hydrogens is 434 g/mol. The Kier molecular flexibility index (Phi) is 5.49. The molecule has 2 aliphatic heterocycles. The molecule has 3 aromatic rings. The summed E-state index contributed by atoms with van der Waals surface area (Å²) in [5, 5.41) is 17.6. The number of carbonyl (C=O) groups excluding carboxylic acids is 1. The summed E-state index contributed by atoms with van der Waals surface area (Å²) in [5.74, 6) is 0.636. The van der Waals surface area contributed by atoms with Crippen LogP contribution in [-0.2, 0) is 11.3 Å². The summed E-state index contributed by atoms with van der Waals surface area (Å²) in [5.41, 5.74) is 2.87. The van der Waals surface area contributed by atoms with Crippen LogP contribution in [0.1, 0.15) is 41.4 Å². The maximum atomic E-state index is 13.3. The first-order valence-electron chi connectivity index (χ1n) is 11.3. The third-order valence-electron chi connectivity index (χ3n) is 6.01. The lowest BCUT2D eigenvalue weighted by atomic mass is 10.1. The predicted molar refractivity (Wildman–Crippen MR) is 127 cm³/mol. The van der Waals surface area contributed by atoms with Crippen molar-refractivity contribution in [3.63, 3.8) is 0 Å². The van der Waals surface area contributed by atoms with Crippen LogP contribution in [0.5, 0.6) is 0 Å². The van der Waals surface area contributed by atoms with Gasteiger partial charge in [-0.2, -0.15) is 5.10 Å². The Balaban J connectivity index is 1.60. The quantitative estimate of drug-likeness (QED) is 0.509. The first-order chi connectivity index (χ1) is 16.3. The van der Waals surface area contributed by atoms with Gasteiger partial charge in [0.05, 0.1) is 17.7 Å². The lowest BCUT2D eigenvalue weighted by molar-refractivity contribution is 0.0697. The van der Waals surface area contributed by atoms with E-state index in [1.807, 2.05) is 35.0 Å². The van der Waals surface area contributed by atoms with Crippen LogP contribution < -0.4 is 10.2 Å². The number of nitrogens with zero attached hydrogens (tertiary/aromatic N) is 4. The second-order valence-electron chi connectivity index (χ2n) is 9.08. The summed E-state index contributed by atoms with van der Waals surface area (Å²) in [7, 11) is 1.76. The number of anilines is 3. The molecule has 2 unspecified atom stereocenters. The highest BCUT2D eigenvalue weighted by molar-refractivity contribution is 5.94. The number of epoxide rings is 1. The number of nitrogens with one attached hydrogen (secondary N) is 1. The fourth-order valence-corrected chi connectivity index (χ4v) is 4.28. The number of carboxylic acid groups (broad SMARTS) is 1. The number of para-hydroxylation sites is 1. The van der Waals surface area contributed by atoms with Gasteiger partial charge in [0.25, 0.3) is 0 Å². The van der Waals surface area contributed by atoms with Gasteiger partial charge >= 0.3 is 12.0 Å². The van der Waals surface area contributed by atoms with Crippen molar-refractivity contribution in [3.8, 4) is 0 Å². The highest BCUT2D eigenvalue weighted by Crippen LogP contribution is 2.51. The lowest BCUT2D eigenvalue weighted by Gasteiger charge is -2.26. The van der Waals surface area contributed by atoms with E-state index >= 15 is 0 Å². The zero-order valence-corrected chi connectivity index (χ0v) is 19.3. The average Bonchev–Trinajstić information content (AvgIpc) is 3.54. The maximum Gasteiger partial charge on any atom is 0.335 e. The van der Waals surface area contributed by atoms with Crippen molar-refractivity contribution in [1.29, 1.82) is 0 Å². The standard InChI is InChI=1S/C25H27N5O4/c1-15(2)13-29-22-19(20-23(34-20)28(3)25(29)33)21(26-18-7-5-4-6-8-18)30(27-22)14-16-9-11-17(12-10-16)24(31)32/h4-12,15,20,23,26H,13-14H2,1-3H3,(H,31,32). The average molecular weight is 462 g/mol. The molecule has 1 saturated heterocycles. The van der Waals surface area contributed by atoms with Crippen LogP contribution in [-0.4, -0.2) is 51.6 Å². The molecule has 2 aromatic carbocycles. The summed E-state index contributed by atoms with van der Waals surface area (Å²) < 4.78 is 7.76. The number of aromatic nitrogens is 2. The molecule has 0 bridgehead atoms. The Morgan fingerprint density at radius 2 is 1.85 bits per heavy atom. The van der Waals surface area contributed by atoms with Crippen LogP contribution in [0.15, 0.2) is 54.6 Å². The molecule has 9 nitrogen and oxygen atoms in total. The van der Waals surface area contributed by atoms with Crippen LogP contribution in [0.25, 0.3) is 0 Å². The highest BCUT2D eigenvalue weighted by atomic mass is 16.6. The molecule has 9 heteroatoms. The Hall–Kier alpha value is -3.85. The molecule has 34 heavy (non-hydrogen) atoms. The van der Waals surface area contributed by atoms with Crippen LogP contribution in [0.2, 0.25) is 0 Å². The summed E-state index contributed by atoms with van der Waals surface area (Å²) in [6.07, 6.45) is -0.595. The van der Waals surface area contributed by atoms with Crippen molar-refractivity contribution in [3.05, 3.63) is 71.3 Å². The van der Waals surface area contributed by atoms with E-state index in [0.717, 1.165) is 22.6 Å². The third-order valence-corrected chi connectivity index (χ3v) is 6.01. The minimum atomic E-state index is -0.965. The van der Waals surface area contributed by atoms with Crippen molar-refractivity contribution in [2.45, 2.75) is 32.7 Å². The molecule has 1 fully saturated rings. The molecule has 1 aromatic heterocycles. The van der Waals surface area contributed by atoms with E-state index in [4.69, 9.17) is 9.84 Å². The van der Waals surface area contributed by atoms with E-state index in [1.54, 1.807) is 41.1 Å². The fraction of sp³-hybridized carbons (Fsp3) is 0.320. The molecule has 0 saturated carbocycles. The van der Waals surface area contributed by atoms with E-state index in [0.29, 0.717) is 18.9 Å². The van der Waals surface area contributed by atoms with Crippen molar-refractivity contribution < 1.29 is 19.4 Å². The Morgan fingerprint density at radius 1 is 1.15 bits per heavy atom. The summed E-state index contributed by atoms with van der Waals surface area (Å²) in [6.45, 7) is 5.07. The van der Waals surface area contributed by atoms with Gasteiger partial charge in [0.2, 0.25) is 0 Å². The van der Waals surface area contributed by atoms with Crippen molar-refractivity contribution in [2.75, 3.05) is 23.8 Å². The van der Waals surface area contributed by atoms with Gasteiger partial charge in [0.1, 0.15) is 11.9 Å². The summed E-state index contributed by atoms with van der Waals surface area (Å²) in [6, 6.07) is 16.4. The summed E-state index contributed by atoms with van der Waals surface area (Å²) in [4.78, 5) is 27.9. The molecule has 0 radical (unpaired) electrons. The zero-order chi connectivity index (χ0) is 24.0. The number of aromatic carboxylic acids is 1. The van der Waals surface area contributed by atoms with Gasteiger partial charge in [-0.05, 0) is 35.7 Å². The van der Waals surface area contributed by atoms with E-state index < -0.39 is 5.97 Å². The van der Waals surface area contributed by atoms with Crippen LogP contribution in [0.3, 0.4) is 0 Å². The first-order valence-corrected chi connectivity index (χ1v) is 11.3. The van der Waals surface area contributed by atoms with Crippen molar-refractivity contribution >= 4 is 29.3 Å². The van der Waals surface area contributed by atoms with Gasteiger partial charge in [-0.3, -0.25) is 9.80 Å². The lowest BCUT2D eigenvalue weighted by Crippen LogP contribution is -2.43. The number of hydrogen-bond donors (Lipinski definition) is 2. The number of hydrogen-bond acceptors (Lipinski definition) is 5. The second kappa shape index (κ2) is 8.49. The van der Waals surface area contributed by atoms with Crippen LogP contribution >= 0.6 is 0 Å². The molecule has 2 amide bonds. The molecular formula is C25H27N5O4. The molecule has 2 aliphatic rings. The van der Waals surface area contributed by atoms with E-state index in [9.17, 15) is 14.7 Å². The minimum absolute atomic E-state index is 0.137. The molecule has 0 spiro atoms. The Labute approximate surface area is 197 Å². The number of rotatable bonds is 7. The number of ether oxygens (including phenoxy) is 1. The number of amides is 2. The van der Waals surface area contributed by atoms with Crippen LogP contribution in [0, 0.1) is 5.92 Å². The molecule has 3 heterocycles. The number of carboxylic acids is 1.